The number of carbonyl (C=O) groups excluding carboxylic acids is 1. The molecule has 1 rings (SSSR count). The first-order valence-electron chi connectivity index (χ1n) is 4.87. The van der Waals surface area contributed by atoms with Crippen LogP contribution in [-0.4, -0.2) is 18.5 Å². The molecule has 2 N–H and O–H groups in total. The predicted molar refractivity (Wildman–Crippen MR) is 66.4 cm³/mol. The van der Waals surface area contributed by atoms with Gasteiger partial charge in [0.15, 0.2) is 0 Å². The van der Waals surface area contributed by atoms with Crippen molar-refractivity contribution in [2.75, 3.05) is 11.9 Å². The molecule has 0 radical (unpaired) electrons. The van der Waals surface area contributed by atoms with E-state index in [0.717, 1.165) is 0 Å². The van der Waals surface area contributed by atoms with Crippen LogP contribution in [0, 0.1) is 12.3 Å². The Morgan fingerprint density at radius 2 is 2.25 bits per heavy atom. The van der Waals surface area contributed by atoms with E-state index in [0.29, 0.717) is 10.7 Å². The number of carbonyl (C=O) groups is 1. The van der Waals surface area contributed by atoms with Gasteiger partial charge in [0.2, 0.25) is 5.91 Å². The summed E-state index contributed by atoms with van der Waals surface area (Å²) in [5.74, 6) is 2.31. The highest BCUT2D eigenvalue weighted by molar-refractivity contribution is 6.33. The number of hydrogen-bond donors (Lipinski definition) is 2. The van der Waals surface area contributed by atoms with E-state index in [1.54, 1.807) is 24.3 Å². The molecular formula is C12H13ClN2O. The Kier molecular flexibility index (Phi) is 4.84. The van der Waals surface area contributed by atoms with Gasteiger partial charge in [0.1, 0.15) is 0 Å². The SMILES string of the molecule is C#CC(C)NCC(=O)Nc1ccccc1Cl. The van der Waals surface area contributed by atoms with E-state index in [-0.39, 0.29) is 18.5 Å². The van der Waals surface area contributed by atoms with Crippen molar-refractivity contribution in [2.24, 2.45) is 0 Å². The Morgan fingerprint density at radius 3 is 2.88 bits per heavy atom. The topological polar surface area (TPSA) is 41.1 Å². The standard InChI is InChI=1S/C12H13ClN2O/c1-3-9(2)14-8-12(16)15-11-7-5-4-6-10(11)13/h1,4-7,9,14H,8H2,2H3,(H,15,16). The first-order chi connectivity index (χ1) is 7.63. The van der Waals surface area contributed by atoms with Crippen LogP contribution < -0.4 is 10.6 Å². The maximum absolute atomic E-state index is 11.5. The summed E-state index contributed by atoms with van der Waals surface area (Å²) >= 11 is 5.89. The normalized spacial score (nSPS) is 11.6. The Morgan fingerprint density at radius 1 is 1.56 bits per heavy atom. The van der Waals surface area contributed by atoms with Crippen LogP contribution in [-0.2, 0) is 4.79 Å². The Hall–Kier alpha value is -1.50. The van der Waals surface area contributed by atoms with E-state index < -0.39 is 0 Å². The molecule has 1 aromatic rings. The van der Waals surface area contributed by atoms with Crippen molar-refractivity contribution in [1.82, 2.24) is 5.32 Å². The predicted octanol–water partition coefficient (Wildman–Crippen LogP) is 1.89. The van der Waals surface area contributed by atoms with Crippen LogP contribution in [0.2, 0.25) is 5.02 Å². The fraction of sp³-hybridized carbons (Fsp3) is 0.250. The number of nitrogens with one attached hydrogen (secondary N) is 2. The number of benzene rings is 1. The number of hydrogen-bond acceptors (Lipinski definition) is 2. The number of rotatable bonds is 4. The van der Waals surface area contributed by atoms with E-state index in [9.17, 15) is 4.79 Å². The average molecular weight is 237 g/mol. The van der Waals surface area contributed by atoms with Gasteiger partial charge in [-0.05, 0) is 19.1 Å². The molecule has 1 atom stereocenters. The fourth-order valence-corrected chi connectivity index (χ4v) is 1.24. The molecule has 84 valence electrons. The Balaban J connectivity index is 2.47. The minimum atomic E-state index is -0.171. The van der Waals surface area contributed by atoms with E-state index in [2.05, 4.69) is 16.6 Å². The lowest BCUT2D eigenvalue weighted by molar-refractivity contribution is -0.115. The molecule has 4 heteroatoms. The molecule has 0 bridgehead atoms. The lowest BCUT2D eigenvalue weighted by Gasteiger charge is -2.09. The average Bonchev–Trinajstić information content (AvgIpc) is 2.29. The van der Waals surface area contributed by atoms with Gasteiger partial charge >= 0.3 is 0 Å². The molecule has 0 aliphatic rings. The number of anilines is 1. The molecule has 0 saturated heterocycles. The minimum absolute atomic E-state index is 0.128. The summed E-state index contributed by atoms with van der Waals surface area (Å²) in [6.07, 6.45) is 5.17. The van der Waals surface area contributed by atoms with Crippen molar-refractivity contribution in [2.45, 2.75) is 13.0 Å². The molecule has 1 amide bonds. The number of terminal acetylenes is 1. The molecule has 16 heavy (non-hydrogen) atoms. The van der Waals surface area contributed by atoms with E-state index >= 15 is 0 Å². The Labute approximate surface area is 100 Å². The van der Waals surface area contributed by atoms with E-state index in [1.165, 1.54) is 0 Å². The highest BCUT2D eigenvalue weighted by Crippen LogP contribution is 2.19. The van der Waals surface area contributed by atoms with Crippen LogP contribution in [0.15, 0.2) is 24.3 Å². The highest BCUT2D eigenvalue weighted by Gasteiger charge is 2.05. The van der Waals surface area contributed by atoms with Gasteiger partial charge in [0.25, 0.3) is 0 Å². The lowest BCUT2D eigenvalue weighted by atomic mass is 10.3. The third-order valence-corrected chi connectivity index (χ3v) is 2.30. The molecule has 0 aliphatic carbocycles. The van der Waals surface area contributed by atoms with Crippen molar-refractivity contribution in [1.29, 1.82) is 0 Å². The monoisotopic (exact) mass is 236 g/mol. The molecule has 0 aliphatic heterocycles. The minimum Gasteiger partial charge on any atom is -0.324 e. The summed E-state index contributed by atoms with van der Waals surface area (Å²) in [5.41, 5.74) is 0.601. The second-order valence-electron chi connectivity index (χ2n) is 3.30. The molecule has 0 saturated carbocycles. The lowest BCUT2D eigenvalue weighted by Crippen LogP contribution is -2.33. The van der Waals surface area contributed by atoms with E-state index in [4.69, 9.17) is 18.0 Å². The van der Waals surface area contributed by atoms with Crippen LogP contribution in [0.1, 0.15) is 6.92 Å². The quantitative estimate of drug-likeness (QED) is 0.784. The number of amides is 1. The van der Waals surface area contributed by atoms with Gasteiger partial charge in [-0.15, -0.1) is 6.42 Å². The van der Waals surface area contributed by atoms with Crippen molar-refractivity contribution < 1.29 is 4.79 Å². The van der Waals surface area contributed by atoms with Gasteiger partial charge < -0.3 is 5.32 Å². The van der Waals surface area contributed by atoms with Crippen LogP contribution in [0.3, 0.4) is 0 Å². The maximum Gasteiger partial charge on any atom is 0.238 e. The van der Waals surface area contributed by atoms with Crippen molar-refractivity contribution in [3.63, 3.8) is 0 Å². The van der Waals surface area contributed by atoms with Crippen molar-refractivity contribution in [3.8, 4) is 12.3 Å². The summed E-state index contributed by atoms with van der Waals surface area (Å²) in [5, 5.41) is 6.08. The third-order valence-electron chi connectivity index (χ3n) is 1.97. The zero-order valence-corrected chi connectivity index (χ0v) is 9.71. The van der Waals surface area contributed by atoms with Crippen molar-refractivity contribution >= 4 is 23.2 Å². The summed E-state index contributed by atoms with van der Waals surface area (Å²) in [4.78, 5) is 11.5. The van der Waals surface area contributed by atoms with Gasteiger partial charge in [0.05, 0.1) is 23.3 Å². The summed E-state index contributed by atoms with van der Waals surface area (Å²) in [7, 11) is 0. The van der Waals surface area contributed by atoms with Crippen LogP contribution in [0.25, 0.3) is 0 Å². The maximum atomic E-state index is 11.5. The Bertz CT molecular complexity index is 412. The number of halogens is 1. The fourth-order valence-electron chi connectivity index (χ4n) is 1.06. The van der Waals surface area contributed by atoms with Gasteiger partial charge in [-0.25, -0.2) is 0 Å². The first-order valence-corrected chi connectivity index (χ1v) is 5.25. The van der Waals surface area contributed by atoms with Crippen LogP contribution >= 0.6 is 11.6 Å². The molecule has 0 fully saturated rings. The second kappa shape index (κ2) is 6.16. The molecule has 0 aromatic heterocycles. The summed E-state index contributed by atoms with van der Waals surface area (Å²) < 4.78 is 0. The second-order valence-corrected chi connectivity index (χ2v) is 3.70. The summed E-state index contributed by atoms with van der Waals surface area (Å²) in [6, 6.07) is 6.94. The van der Waals surface area contributed by atoms with Crippen LogP contribution in [0.4, 0.5) is 5.69 Å². The first kappa shape index (κ1) is 12.6. The number of para-hydroxylation sites is 1. The summed E-state index contributed by atoms with van der Waals surface area (Å²) in [6.45, 7) is 1.97. The largest absolute Gasteiger partial charge is 0.324 e. The van der Waals surface area contributed by atoms with Gasteiger partial charge in [0, 0.05) is 0 Å². The molecule has 0 heterocycles. The van der Waals surface area contributed by atoms with E-state index in [1.807, 2.05) is 6.92 Å². The van der Waals surface area contributed by atoms with Gasteiger partial charge in [-0.1, -0.05) is 29.7 Å². The smallest absolute Gasteiger partial charge is 0.238 e. The molecule has 1 aromatic carbocycles. The molecule has 3 nitrogen and oxygen atoms in total. The highest BCUT2D eigenvalue weighted by atomic mass is 35.5. The zero-order chi connectivity index (χ0) is 12.0. The zero-order valence-electron chi connectivity index (χ0n) is 8.96. The van der Waals surface area contributed by atoms with Gasteiger partial charge in [-0.3, -0.25) is 10.1 Å². The van der Waals surface area contributed by atoms with Crippen LogP contribution in [0.5, 0.6) is 0 Å². The molecule has 0 spiro atoms. The van der Waals surface area contributed by atoms with Crippen molar-refractivity contribution in [3.05, 3.63) is 29.3 Å². The third kappa shape index (κ3) is 3.93. The molecule has 1 unspecified atom stereocenters. The molecular weight excluding hydrogens is 224 g/mol. The van der Waals surface area contributed by atoms with Gasteiger partial charge in [-0.2, -0.15) is 0 Å².